The maximum absolute atomic E-state index is 13.4. The molecule has 2 N–H and O–H groups in total. The molecule has 2 aliphatic rings. The van der Waals surface area contributed by atoms with E-state index >= 15 is 0 Å². The molecule has 2 aliphatic heterocycles. The molecule has 3 amide bonds. The number of carbonyl (C=O) groups excluding carboxylic acids is 3. The molecule has 36 heavy (non-hydrogen) atoms. The van der Waals surface area contributed by atoms with E-state index in [9.17, 15) is 18.8 Å². The summed E-state index contributed by atoms with van der Waals surface area (Å²) in [6.45, 7) is 7.39. The highest BCUT2D eigenvalue weighted by Crippen LogP contribution is 2.32. The molecular weight excluding hydrogens is 463 g/mol. The third-order valence-electron chi connectivity index (χ3n) is 6.68. The molecule has 10 heteroatoms. The number of carbonyl (C=O) groups is 3. The Bertz CT molecular complexity index is 1310. The summed E-state index contributed by atoms with van der Waals surface area (Å²) in [6, 6.07) is 9.48. The van der Waals surface area contributed by atoms with Crippen molar-refractivity contribution in [3.63, 3.8) is 0 Å². The first-order valence-corrected chi connectivity index (χ1v) is 11.8. The monoisotopic (exact) mass is 490 g/mol. The summed E-state index contributed by atoms with van der Waals surface area (Å²) in [6.07, 6.45) is 2.95. The fourth-order valence-corrected chi connectivity index (χ4v) is 4.88. The van der Waals surface area contributed by atoms with Crippen LogP contribution in [0.2, 0.25) is 0 Å². The van der Waals surface area contributed by atoms with Crippen molar-refractivity contribution in [2.45, 2.75) is 32.0 Å². The van der Waals surface area contributed by atoms with Gasteiger partial charge in [-0.15, -0.1) is 0 Å². The van der Waals surface area contributed by atoms with E-state index < -0.39 is 0 Å². The van der Waals surface area contributed by atoms with E-state index in [1.54, 1.807) is 44.9 Å². The predicted molar refractivity (Wildman–Crippen MR) is 130 cm³/mol. The topological polar surface area (TPSA) is 103 Å². The minimum Gasteiger partial charge on any atom is -0.357 e. The SMILES string of the molecule is C=CC(=O)N1CC(NC(=O)c2nn(Cc3ccc(F)cc3)c3c2CN(C(=O)c2ccc[nH]2)CC3C)C1. The van der Waals surface area contributed by atoms with Crippen LogP contribution >= 0.6 is 0 Å². The number of rotatable bonds is 6. The number of nitrogens with one attached hydrogen (secondary N) is 2. The van der Waals surface area contributed by atoms with Gasteiger partial charge in [0.25, 0.3) is 11.8 Å². The van der Waals surface area contributed by atoms with Crippen LogP contribution in [0.3, 0.4) is 0 Å². The summed E-state index contributed by atoms with van der Waals surface area (Å²) in [4.78, 5) is 44.4. The Kier molecular flexibility index (Phi) is 6.17. The van der Waals surface area contributed by atoms with Gasteiger partial charge in [-0.25, -0.2) is 4.39 Å². The maximum Gasteiger partial charge on any atom is 0.272 e. The van der Waals surface area contributed by atoms with Gasteiger partial charge in [0.15, 0.2) is 5.69 Å². The lowest BCUT2D eigenvalue weighted by Gasteiger charge is -2.38. The molecule has 1 saturated heterocycles. The predicted octanol–water partition coefficient (Wildman–Crippen LogP) is 2.28. The molecule has 1 fully saturated rings. The molecule has 1 atom stereocenters. The highest BCUT2D eigenvalue weighted by Gasteiger charge is 2.36. The molecular formula is C26H27FN6O3. The van der Waals surface area contributed by atoms with Crippen molar-refractivity contribution in [1.82, 2.24) is 29.9 Å². The minimum absolute atomic E-state index is 0.0773. The van der Waals surface area contributed by atoms with Gasteiger partial charge in [0.2, 0.25) is 5.91 Å². The van der Waals surface area contributed by atoms with Gasteiger partial charge in [0.05, 0.1) is 19.1 Å². The number of hydrogen-bond acceptors (Lipinski definition) is 4. The Morgan fingerprint density at radius 1 is 1.17 bits per heavy atom. The maximum atomic E-state index is 13.4. The first kappa shape index (κ1) is 23.5. The van der Waals surface area contributed by atoms with Crippen molar-refractivity contribution >= 4 is 17.7 Å². The van der Waals surface area contributed by atoms with Crippen LogP contribution in [0.25, 0.3) is 0 Å². The molecule has 4 heterocycles. The van der Waals surface area contributed by atoms with Crippen molar-refractivity contribution in [2.24, 2.45) is 0 Å². The third kappa shape index (κ3) is 4.41. The zero-order valence-electron chi connectivity index (χ0n) is 19.9. The van der Waals surface area contributed by atoms with Crippen LogP contribution in [0.4, 0.5) is 4.39 Å². The van der Waals surface area contributed by atoms with Gasteiger partial charge in [-0.2, -0.15) is 5.10 Å². The van der Waals surface area contributed by atoms with Crippen molar-refractivity contribution in [3.8, 4) is 0 Å². The number of hydrogen-bond donors (Lipinski definition) is 2. The van der Waals surface area contributed by atoms with Crippen LogP contribution in [0, 0.1) is 5.82 Å². The Morgan fingerprint density at radius 3 is 2.58 bits per heavy atom. The van der Waals surface area contributed by atoms with Crippen LogP contribution < -0.4 is 5.32 Å². The molecule has 0 aliphatic carbocycles. The van der Waals surface area contributed by atoms with Crippen molar-refractivity contribution in [3.05, 3.63) is 89.3 Å². The number of likely N-dealkylation sites (tertiary alicyclic amines) is 1. The molecule has 0 spiro atoms. The Morgan fingerprint density at radius 2 is 1.92 bits per heavy atom. The zero-order chi connectivity index (χ0) is 25.4. The lowest BCUT2D eigenvalue weighted by atomic mass is 9.95. The number of H-pyrrole nitrogens is 1. The lowest BCUT2D eigenvalue weighted by molar-refractivity contribution is -0.130. The second kappa shape index (κ2) is 9.44. The van der Waals surface area contributed by atoms with E-state index in [-0.39, 0.29) is 47.7 Å². The smallest absolute Gasteiger partial charge is 0.272 e. The number of nitrogens with zero attached hydrogens (tertiary/aromatic N) is 4. The molecule has 2 aromatic heterocycles. The van der Waals surface area contributed by atoms with Crippen LogP contribution in [0.5, 0.6) is 0 Å². The van der Waals surface area contributed by atoms with E-state index in [2.05, 4.69) is 22.0 Å². The number of halogens is 1. The number of aromatic nitrogens is 3. The highest BCUT2D eigenvalue weighted by molar-refractivity contribution is 5.96. The molecule has 1 aromatic carbocycles. The summed E-state index contributed by atoms with van der Waals surface area (Å²) in [5.41, 5.74) is 3.18. The molecule has 0 bridgehead atoms. The van der Waals surface area contributed by atoms with Gasteiger partial charge >= 0.3 is 0 Å². The van der Waals surface area contributed by atoms with E-state index in [1.165, 1.54) is 18.2 Å². The van der Waals surface area contributed by atoms with Gasteiger partial charge in [0, 0.05) is 43.0 Å². The molecule has 3 aromatic rings. The average Bonchev–Trinajstić information content (AvgIpc) is 3.50. The van der Waals surface area contributed by atoms with E-state index in [0.29, 0.717) is 37.4 Å². The van der Waals surface area contributed by atoms with E-state index in [1.807, 2.05) is 6.92 Å². The molecule has 0 radical (unpaired) electrons. The van der Waals surface area contributed by atoms with Crippen LogP contribution in [0.15, 0.2) is 55.3 Å². The van der Waals surface area contributed by atoms with E-state index in [4.69, 9.17) is 0 Å². The fraction of sp³-hybridized carbons (Fsp3) is 0.308. The quantitative estimate of drug-likeness (QED) is 0.518. The second-order valence-corrected chi connectivity index (χ2v) is 9.28. The number of aromatic amines is 1. The van der Waals surface area contributed by atoms with Gasteiger partial charge in [-0.3, -0.25) is 19.1 Å². The largest absolute Gasteiger partial charge is 0.357 e. The number of fused-ring (bicyclic) bond motifs is 1. The third-order valence-corrected chi connectivity index (χ3v) is 6.68. The standard InChI is InChI=1S/C26H27FN6O3/c1-3-22(34)31-13-19(14-31)29-25(35)23-20-15-32(26(36)21-5-4-10-28-21)11-16(2)24(20)33(30-23)12-17-6-8-18(27)9-7-17/h3-10,16,19,28H,1,11-15H2,2H3,(H,29,35). The number of amides is 3. The van der Waals surface area contributed by atoms with Crippen molar-refractivity contribution < 1.29 is 18.8 Å². The normalized spacial score (nSPS) is 17.3. The molecule has 1 unspecified atom stereocenters. The van der Waals surface area contributed by atoms with Gasteiger partial charge in [0.1, 0.15) is 11.5 Å². The highest BCUT2D eigenvalue weighted by atomic mass is 19.1. The van der Waals surface area contributed by atoms with Crippen LogP contribution in [0.1, 0.15) is 50.6 Å². The van der Waals surface area contributed by atoms with Gasteiger partial charge < -0.3 is 20.1 Å². The van der Waals surface area contributed by atoms with Gasteiger partial charge in [-0.1, -0.05) is 25.6 Å². The van der Waals surface area contributed by atoms with Crippen LogP contribution in [-0.4, -0.2) is 68.0 Å². The van der Waals surface area contributed by atoms with Crippen molar-refractivity contribution in [2.75, 3.05) is 19.6 Å². The zero-order valence-corrected chi connectivity index (χ0v) is 19.9. The molecule has 0 saturated carbocycles. The summed E-state index contributed by atoms with van der Waals surface area (Å²) in [5, 5.41) is 7.63. The Balaban J connectivity index is 1.43. The fourth-order valence-electron chi connectivity index (χ4n) is 4.88. The summed E-state index contributed by atoms with van der Waals surface area (Å²) < 4.78 is 15.2. The second-order valence-electron chi connectivity index (χ2n) is 9.28. The summed E-state index contributed by atoms with van der Waals surface area (Å²) >= 11 is 0. The first-order chi connectivity index (χ1) is 17.3. The average molecular weight is 491 g/mol. The lowest BCUT2D eigenvalue weighted by Crippen LogP contribution is -2.60. The summed E-state index contributed by atoms with van der Waals surface area (Å²) in [7, 11) is 0. The minimum atomic E-state index is -0.346. The molecule has 5 rings (SSSR count). The summed E-state index contributed by atoms with van der Waals surface area (Å²) in [5.74, 6) is -1.06. The Labute approximate surface area is 207 Å². The van der Waals surface area contributed by atoms with Crippen molar-refractivity contribution in [1.29, 1.82) is 0 Å². The number of benzene rings is 1. The van der Waals surface area contributed by atoms with Crippen LogP contribution in [-0.2, 0) is 17.9 Å². The first-order valence-electron chi connectivity index (χ1n) is 11.8. The molecule has 186 valence electrons. The van der Waals surface area contributed by atoms with E-state index in [0.717, 1.165) is 11.3 Å². The van der Waals surface area contributed by atoms with Gasteiger partial charge in [-0.05, 0) is 35.9 Å². The Hall–Kier alpha value is -4.21. The molecule has 9 nitrogen and oxygen atoms in total.